The zero-order valence-electron chi connectivity index (χ0n) is 21.8. The molecule has 0 aromatic rings. The number of hydrogen-bond acceptors (Lipinski definition) is 11. The summed E-state index contributed by atoms with van der Waals surface area (Å²) in [6.45, 7) is 3.68. The maximum absolute atomic E-state index is 12.6. The van der Waals surface area contributed by atoms with Gasteiger partial charge in [-0.2, -0.15) is 0 Å². The molecule has 5 N–H and O–H groups in total. The molecule has 0 saturated carbocycles. The fourth-order valence-corrected chi connectivity index (χ4v) is 4.85. The number of methoxy groups -OCH3 is 1. The van der Waals surface area contributed by atoms with Crippen molar-refractivity contribution in [2.75, 3.05) is 20.3 Å². The summed E-state index contributed by atoms with van der Waals surface area (Å²) in [6, 6.07) is 0. The van der Waals surface area contributed by atoms with Crippen LogP contribution in [-0.4, -0.2) is 95.0 Å². The van der Waals surface area contributed by atoms with Crippen LogP contribution in [-0.2, 0) is 33.3 Å². The molecular formula is C26H38O12. The fraction of sp³-hybridized carbons (Fsp3) is 0.692. The van der Waals surface area contributed by atoms with E-state index in [1.165, 1.54) is 7.11 Å². The second-order valence-corrected chi connectivity index (χ2v) is 9.90. The standard InChI is InChI=1S/C26H38O12/c1-13(9-10-27)5-4-6-14(2)23(33)35-11-15-7-8-16-17(22(31)32)12-36-24(18(15)16)37-26-21(30)19(28)20(29)25(34-3)38-26/h6-7,12-13,16,18-21,24-30H,4-5,8-11H2,1-3H3,(H,31,32). The van der Waals surface area contributed by atoms with Gasteiger partial charge < -0.3 is 49.2 Å². The van der Waals surface area contributed by atoms with E-state index in [0.717, 1.165) is 12.7 Å². The van der Waals surface area contributed by atoms with Gasteiger partial charge in [-0.15, -0.1) is 0 Å². The molecule has 1 aliphatic carbocycles. The molecule has 1 fully saturated rings. The van der Waals surface area contributed by atoms with Crippen LogP contribution in [0.4, 0.5) is 0 Å². The molecule has 3 aliphatic rings. The van der Waals surface area contributed by atoms with Crippen molar-refractivity contribution in [2.45, 2.75) is 76.7 Å². The van der Waals surface area contributed by atoms with Crippen molar-refractivity contribution < 1.29 is 58.8 Å². The summed E-state index contributed by atoms with van der Waals surface area (Å²) >= 11 is 0. The Balaban J connectivity index is 1.68. The van der Waals surface area contributed by atoms with Crippen LogP contribution in [0.5, 0.6) is 0 Å². The summed E-state index contributed by atoms with van der Waals surface area (Å²) in [5.74, 6) is -2.57. The van der Waals surface area contributed by atoms with Gasteiger partial charge in [0.05, 0.1) is 17.8 Å². The Morgan fingerprint density at radius 2 is 1.84 bits per heavy atom. The lowest BCUT2D eigenvalue weighted by Crippen LogP contribution is -2.59. The minimum atomic E-state index is -1.64. The molecule has 3 rings (SSSR count). The van der Waals surface area contributed by atoms with Crippen molar-refractivity contribution in [3.63, 3.8) is 0 Å². The highest BCUT2D eigenvalue weighted by Gasteiger charge is 2.50. The zero-order valence-corrected chi connectivity index (χ0v) is 21.8. The number of rotatable bonds is 12. The van der Waals surface area contributed by atoms with Crippen molar-refractivity contribution in [2.24, 2.45) is 17.8 Å². The number of carbonyl (C=O) groups excluding carboxylic acids is 1. The van der Waals surface area contributed by atoms with E-state index in [9.17, 15) is 30.0 Å². The van der Waals surface area contributed by atoms with Crippen molar-refractivity contribution in [1.82, 2.24) is 0 Å². The summed E-state index contributed by atoms with van der Waals surface area (Å²) < 4.78 is 27.3. The summed E-state index contributed by atoms with van der Waals surface area (Å²) in [7, 11) is 1.25. The lowest BCUT2D eigenvalue weighted by atomic mass is 9.83. The molecule has 0 aromatic heterocycles. The third-order valence-electron chi connectivity index (χ3n) is 7.21. The SMILES string of the molecule is COC1OC(OC2OC=C(C(=O)O)C3CC=C(COC(=O)C(C)=CCCC(C)CCO)C23)C(O)C(O)C1O. The highest BCUT2D eigenvalue weighted by Crippen LogP contribution is 2.44. The average Bonchev–Trinajstić information content (AvgIpc) is 3.31. The van der Waals surface area contributed by atoms with Gasteiger partial charge in [-0.1, -0.05) is 19.1 Å². The Morgan fingerprint density at radius 1 is 1.13 bits per heavy atom. The first-order valence-corrected chi connectivity index (χ1v) is 12.7. The second-order valence-electron chi connectivity index (χ2n) is 9.90. The lowest BCUT2D eigenvalue weighted by molar-refractivity contribution is -0.372. The summed E-state index contributed by atoms with van der Waals surface area (Å²) in [5.41, 5.74) is 1.04. The van der Waals surface area contributed by atoms with Gasteiger partial charge in [-0.3, -0.25) is 0 Å². The van der Waals surface area contributed by atoms with Crippen LogP contribution in [0.25, 0.3) is 0 Å². The first-order chi connectivity index (χ1) is 18.1. The third-order valence-corrected chi connectivity index (χ3v) is 7.21. The third kappa shape index (κ3) is 7.00. The monoisotopic (exact) mass is 542 g/mol. The van der Waals surface area contributed by atoms with Crippen LogP contribution in [0.2, 0.25) is 0 Å². The van der Waals surface area contributed by atoms with E-state index in [1.54, 1.807) is 19.1 Å². The zero-order chi connectivity index (χ0) is 28.0. The first-order valence-electron chi connectivity index (χ1n) is 12.7. The average molecular weight is 543 g/mol. The van der Waals surface area contributed by atoms with Crippen LogP contribution in [0.15, 0.2) is 35.1 Å². The Bertz CT molecular complexity index is 925. The van der Waals surface area contributed by atoms with Gasteiger partial charge >= 0.3 is 11.9 Å². The number of esters is 1. The van der Waals surface area contributed by atoms with Gasteiger partial charge in [-0.25, -0.2) is 9.59 Å². The largest absolute Gasteiger partial charge is 0.478 e. The first kappa shape index (κ1) is 30.2. The molecule has 0 amide bonds. The van der Waals surface area contributed by atoms with E-state index in [1.807, 2.05) is 6.92 Å². The Kier molecular flexibility index (Phi) is 10.9. The van der Waals surface area contributed by atoms with E-state index in [4.69, 9.17) is 28.8 Å². The normalized spacial score (nSPS) is 34.0. The highest BCUT2D eigenvalue weighted by molar-refractivity contribution is 5.88. The van der Waals surface area contributed by atoms with E-state index >= 15 is 0 Å². The van der Waals surface area contributed by atoms with Crippen molar-refractivity contribution in [1.29, 1.82) is 0 Å². The number of carboxylic acids is 1. The highest BCUT2D eigenvalue weighted by atomic mass is 16.8. The molecule has 2 heterocycles. The van der Waals surface area contributed by atoms with Gasteiger partial charge in [0.1, 0.15) is 24.9 Å². The molecule has 1 saturated heterocycles. The molecule has 0 aromatic carbocycles. The fourth-order valence-electron chi connectivity index (χ4n) is 4.85. The number of aliphatic carboxylic acids is 1. The van der Waals surface area contributed by atoms with Crippen LogP contribution >= 0.6 is 0 Å². The van der Waals surface area contributed by atoms with Crippen LogP contribution in [0.3, 0.4) is 0 Å². The lowest BCUT2D eigenvalue weighted by Gasteiger charge is -2.42. The van der Waals surface area contributed by atoms with Crippen LogP contribution < -0.4 is 0 Å². The predicted octanol–water partition coefficient (Wildman–Crippen LogP) is 0.590. The maximum Gasteiger partial charge on any atom is 0.335 e. The van der Waals surface area contributed by atoms with Crippen LogP contribution in [0.1, 0.15) is 39.5 Å². The van der Waals surface area contributed by atoms with Crippen molar-refractivity contribution in [3.05, 3.63) is 35.1 Å². The molecule has 9 unspecified atom stereocenters. The molecule has 0 radical (unpaired) electrons. The molecule has 0 bridgehead atoms. The summed E-state index contributed by atoms with van der Waals surface area (Å²) in [4.78, 5) is 24.4. The number of aliphatic hydroxyl groups is 4. The number of allylic oxidation sites excluding steroid dienone is 2. The van der Waals surface area contributed by atoms with E-state index in [0.29, 0.717) is 36.3 Å². The van der Waals surface area contributed by atoms with E-state index < -0.39 is 61.0 Å². The number of carboxylic acid groups (broad SMARTS) is 1. The summed E-state index contributed by atoms with van der Waals surface area (Å²) in [6.07, 6.45) is -1.47. The molecule has 12 nitrogen and oxygen atoms in total. The topological polar surface area (TPSA) is 181 Å². The van der Waals surface area contributed by atoms with E-state index in [-0.39, 0.29) is 18.8 Å². The van der Waals surface area contributed by atoms with Crippen molar-refractivity contribution in [3.8, 4) is 0 Å². The Labute approximate surface area is 221 Å². The number of ether oxygens (including phenoxy) is 5. The molecule has 12 heteroatoms. The van der Waals surface area contributed by atoms with Gasteiger partial charge in [0.15, 0.2) is 12.6 Å². The summed E-state index contributed by atoms with van der Waals surface area (Å²) in [5, 5.41) is 49.2. The number of fused-ring (bicyclic) bond motifs is 1. The van der Waals surface area contributed by atoms with Gasteiger partial charge in [-0.05, 0) is 44.1 Å². The second kappa shape index (κ2) is 13.7. The quantitative estimate of drug-likeness (QED) is 0.132. The van der Waals surface area contributed by atoms with Crippen molar-refractivity contribution >= 4 is 11.9 Å². The van der Waals surface area contributed by atoms with E-state index in [2.05, 4.69) is 0 Å². The number of aliphatic hydroxyl groups excluding tert-OH is 4. The molecule has 9 atom stereocenters. The number of carbonyl (C=O) groups is 2. The van der Waals surface area contributed by atoms with Crippen LogP contribution in [0, 0.1) is 17.8 Å². The van der Waals surface area contributed by atoms with Gasteiger partial charge in [0.25, 0.3) is 0 Å². The molecular weight excluding hydrogens is 504 g/mol. The van der Waals surface area contributed by atoms with Gasteiger partial charge in [0, 0.05) is 25.2 Å². The minimum absolute atomic E-state index is 0.0239. The minimum Gasteiger partial charge on any atom is -0.478 e. The predicted molar refractivity (Wildman–Crippen MR) is 130 cm³/mol. The maximum atomic E-state index is 12.6. The Morgan fingerprint density at radius 3 is 2.50 bits per heavy atom. The number of hydrogen-bond donors (Lipinski definition) is 5. The molecule has 0 spiro atoms. The molecule has 214 valence electrons. The molecule has 2 aliphatic heterocycles. The Hall–Kier alpha value is -2.32. The van der Waals surface area contributed by atoms with Gasteiger partial charge in [0.2, 0.25) is 6.29 Å². The smallest absolute Gasteiger partial charge is 0.335 e. The molecule has 38 heavy (non-hydrogen) atoms.